The van der Waals surface area contributed by atoms with E-state index in [1.165, 1.54) is 6.07 Å². The van der Waals surface area contributed by atoms with Crippen LogP contribution >= 0.6 is 0 Å². The van der Waals surface area contributed by atoms with Gasteiger partial charge < -0.3 is 14.9 Å². The molecule has 2 N–H and O–H groups in total. The Hall–Kier alpha value is -1.85. The number of carboxylic acids is 1. The van der Waals surface area contributed by atoms with Crippen LogP contribution in [0.3, 0.4) is 0 Å². The second kappa shape index (κ2) is 5.47. The number of hydrogen-bond acceptors (Lipinski definition) is 4. The summed E-state index contributed by atoms with van der Waals surface area (Å²) in [7, 11) is 0. The van der Waals surface area contributed by atoms with E-state index in [0.29, 0.717) is 5.69 Å². The van der Waals surface area contributed by atoms with Gasteiger partial charge in [-0.15, -0.1) is 0 Å². The first-order chi connectivity index (χ1) is 7.91. The van der Waals surface area contributed by atoms with E-state index in [1.807, 2.05) is 0 Å². The number of nitrogens with zero attached hydrogens (tertiary/aromatic N) is 1. The molecule has 0 fully saturated rings. The van der Waals surface area contributed by atoms with Gasteiger partial charge in [-0.05, 0) is 12.8 Å². The number of aromatic nitrogens is 1. The normalized spacial score (nSPS) is 12.5. The van der Waals surface area contributed by atoms with Gasteiger partial charge in [-0.2, -0.15) is 0 Å². The Morgan fingerprint density at radius 2 is 2.18 bits per heavy atom. The van der Waals surface area contributed by atoms with Gasteiger partial charge in [0.1, 0.15) is 0 Å². The lowest BCUT2D eigenvalue weighted by Crippen LogP contribution is -2.35. The maximum atomic E-state index is 11.6. The standard InChI is InChI=1S/C11H16N2O4/c1-6(2)8(11(15)16)5-12-10(14)9-4-7(3)13-17-9/h4,6,8H,5H2,1-3H3,(H,12,14)(H,15,16). The Balaban J connectivity index is 2.55. The van der Waals surface area contributed by atoms with Gasteiger partial charge in [-0.25, -0.2) is 0 Å². The van der Waals surface area contributed by atoms with Gasteiger partial charge in [-0.3, -0.25) is 9.59 Å². The van der Waals surface area contributed by atoms with Crippen molar-refractivity contribution >= 4 is 11.9 Å². The summed E-state index contributed by atoms with van der Waals surface area (Å²) in [5, 5.41) is 15.0. The van der Waals surface area contributed by atoms with Crippen LogP contribution in [-0.2, 0) is 4.79 Å². The van der Waals surface area contributed by atoms with Crippen LogP contribution in [0.25, 0.3) is 0 Å². The summed E-state index contributed by atoms with van der Waals surface area (Å²) in [6.45, 7) is 5.37. The van der Waals surface area contributed by atoms with Crippen molar-refractivity contribution in [2.45, 2.75) is 20.8 Å². The fourth-order valence-electron chi connectivity index (χ4n) is 1.37. The van der Waals surface area contributed by atoms with E-state index in [9.17, 15) is 9.59 Å². The summed E-state index contributed by atoms with van der Waals surface area (Å²) in [6.07, 6.45) is 0. The zero-order chi connectivity index (χ0) is 13.0. The van der Waals surface area contributed by atoms with Crippen molar-refractivity contribution in [1.82, 2.24) is 10.5 Å². The summed E-state index contributed by atoms with van der Waals surface area (Å²) in [6, 6.07) is 1.50. The van der Waals surface area contributed by atoms with Crippen molar-refractivity contribution in [3.8, 4) is 0 Å². The average molecular weight is 240 g/mol. The zero-order valence-corrected chi connectivity index (χ0v) is 10.1. The largest absolute Gasteiger partial charge is 0.481 e. The number of amides is 1. The molecule has 0 saturated heterocycles. The molecular formula is C11H16N2O4. The number of aryl methyl sites for hydroxylation is 1. The lowest BCUT2D eigenvalue weighted by atomic mass is 9.96. The predicted molar refractivity (Wildman–Crippen MR) is 59.5 cm³/mol. The molecule has 0 spiro atoms. The molecule has 17 heavy (non-hydrogen) atoms. The Labute approximate surface area is 99.0 Å². The number of carbonyl (C=O) groups is 2. The highest BCUT2D eigenvalue weighted by molar-refractivity contribution is 5.91. The molecule has 1 unspecified atom stereocenters. The van der Waals surface area contributed by atoms with E-state index >= 15 is 0 Å². The van der Waals surface area contributed by atoms with E-state index in [2.05, 4.69) is 10.5 Å². The maximum absolute atomic E-state index is 11.6. The molecule has 0 bridgehead atoms. The lowest BCUT2D eigenvalue weighted by molar-refractivity contribution is -0.142. The molecule has 1 heterocycles. The molecule has 1 amide bonds. The van der Waals surface area contributed by atoms with Crippen LogP contribution in [0.4, 0.5) is 0 Å². The Bertz CT molecular complexity index is 411. The third-order valence-electron chi connectivity index (χ3n) is 2.46. The van der Waals surface area contributed by atoms with E-state index in [0.717, 1.165) is 0 Å². The molecule has 1 aromatic heterocycles. The van der Waals surface area contributed by atoms with Crippen LogP contribution in [0.5, 0.6) is 0 Å². The number of hydrogen-bond donors (Lipinski definition) is 2. The van der Waals surface area contributed by atoms with Crippen LogP contribution in [0.1, 0.15) is 30.1 Å². The molecule has 1 rings (SSSR count). The summed E-state index contributed by atoms with van der Waals surface area (Å²) in [5.41, 5.74) is 0.605. The minimum absolute atomic E-state index is 0.0516. The molecule has 0 aliphatic heterocycles. The zero-order valence-electron chi connectivity index (χ0n) is 10.1. The van der Waals surface area contributed by atoms with Crippen LogP contribution in [0.15, 0.2) is 10.6 Å². The quantitative estimate of drug-likeness (QED) is 0.803. The van der Waals surface area contributed by atoms with Crippen LogP contribution in [0, 0.1) is 18.8 Å². The third-order valence-corrected chi connectivity index (χ3v) is 2.46. The molecular weight excluding hydrogens is 224 g/mol. The first-order valence-electron chi connectivity index (χ1n) is 5.36. The van der Waals surface area contributed by atoms with Gasteiger partial charge >= 0.3 is 5.97 Å². The van der Waals surface area contributed by atoms with Crippen molar-refractivity contribution in [3.63, 3.8) is 0 Å². The highest BCUT2D eigenvalue weighted by Crippen LogP contribution is 2.10. The Kier molecular flexibility index (Phi) is 4.25. The van der Waals surface area contributed by atoms with E-state index < -0.39 is 17.8 Å². The fourth-order valence-corrected chi connectivity index (χ4v) is 1.37. The molecule has 1 atom stereocenters. The van der Waals surface area contributed by atoms with Gasteiger partial charge in [-0.1, -0.05) is 19.0 Å². The summed E-state index contributed by atoms with van der Waals surface area (Å²) < 4.78 is 4.77. The smallest absolute Gasteiger partial charge is 0.308 e. The summed E-state index contributed by atoms with van der Waals surface area (Å²) in [4.78, 5) is 22.5. The number of nitrogens with one attached hydrogen (secondary N) is 1. The average Bonchev–Trinajstić information content (AvgIpc) is 2.63. The van der Waals surface area contributed by atoms with Crippen molar-refractivity contribution in [2.75, 3.05) is 6.54 Å². The molecule has 0 radical (unpaired) electrons. The van der Waals surface area contributed by atoms with Crippen molar-refractivity contribution < 1.29 is 19.2 Å². The van der Waals surface area contributed by atoms with Crippen molar-refractivity contribution in [3.05, 3.63) is 17.5 Å². The second-order valence-corrected chi connectivity index (χ2v) is 4.23. The number of carboxylic acid groups (broad SMARTS) is 1. The van der Waals surface area contributed by atoms with Crippen molar-refractivity contribution in [2.24, 2.45) is 11.8 Å². The highest BCUT2D eigenvalue weighted by Gasteiger charge is 2.23. The molecule has 0 aliphatic rings. The SMILES string of the molecule is Cc1cc(C(=O)NCC(C(=O)O)C(C)C)on1. The maximum Gasteiger partial charge on any atom is 0.308 e. The fraction of sp³-hybridized carbons (Fsp3) is 0.545. The summed E-state index contributed by atoms with van der Waals surface area (Å²) >= 11 is 0. The van der Waals surface area contributed by atoms with Gasteiger partial charge in [0.05, 0.1) is 11.6 Å². The predicted octanol–water partition coefficient (Wildman–Crippen LogP) is 1.07. The van der Waals surface area contributed by atoms with Crippen LogP contribution in [0.2, 0.25) is 0 Å². The van der Waals surface area contributed by atoms with Crippen LogP contribution in [-0.4, -0.2) is 28.7 Å². The van der Waals surface area contributed by atoms with E-state index in [1.54, 1.807) is 20.8 Å². The van der Waals surface area contributed by atoms with E-state index in [4.69, 9.17) is 9.63 Å². The lowest BCUT2D eigenvalue weighted by Gasteiger charge is -2.15. The van der Waals surface area contributed by atoms with Crippen molar-refractivity contribution in [1.29, 1.82) is 0 Å². The minimum atomic E-state index is -0.922. The molecule has 0 aliphatic carbocycles. The van der Waals surface area contributed by atoms with Crippen LogP contribution < -0.4 is 5.32 Å². The molecule has 6 heteroatoms. The molecule has 0 saturated carbocycles. The molecule has 94 valence electrons. The van der Waals surface area contributed by atoms with Gasteiger partial charge in [0, 0.05) is 12.6 Å². The first kappa shape index (κ1) is 13.2. The second-order valence-electron chi connectivity index (χ2n) is 4.23. The molecule has 0 aromatic carbocycles. The topological polar surface area (TPSA) is 92.4 Å². The number of aliphatic carboxylic acids is 1. The third kappa shape index (κ3) is 3.58. The Morgan fingerprint density at radius 1 is 1.53 bits per heavy atom. The van der Waals surface area contributed by atoms with Gasteiger partial charge in [0.15, 0.2) is 0 Å². The van der Waals surface area contributed by atoms with Gasteiger partial charge in [0.25, 0.3) is 5.91 Å². The molecule has 6 nitrogen and oxygen atoms in total. The highest BCUT2D eigenvalue weighted by atomic mass is 16.5. The Morgan fingerprint density at radius 3 is 2.59 bits per heavy atom. The number of rotatable bonds is 5. The number of carbonyl (C=O) groups excluding carboxylic acids is 1. The van der Waals surface area contributed by atoms with Gasteiger partial charge in [0.2, 0.25) is 5.76 Å². The molecule has 1 aromatic rings. The first-order valence-corrected chi connectivity index (χ1v) is 5.36. The summed E-state index contributed by atoms with van der Waals surface area (Å²) in [5.74, 6) is -1.94. The minimum Gasteiger partial charge on any atom is -0.481 e. The monoisotopic (exact) mass is 240 g/mol. The van der Waals surface area contributed by atoms with E-state index in [-0.39, 0.29) is 18.2 Å².